The fraction of sp³-hybridized carbons (Fsp3) is 0.600. The van der Waals surface area contributed by atoms with Crippen LogP contribution in [0.3, 0.4) is 0 Å². The molecule has 0 aliphatic rings. The molecule has 4 nitrogen and oxygen atoms in total. The minimum Gasteiger partial charge on any atom is -0.480 e. The molecule has 0 heterocycles. The Morgan fingerprint density at radius 1 is 1.08 bits per heavy atom. The molecule has 1 aromatic rings. The van der Waals surface area contributed by atoms with Gasteiger partial charge in [0.05, 0.1) is 0 Å². The first-order valence-corrected chi connectivity index (χ1v) is 8.92. The molecule has 3 atom stereocenters. The Labute approximate surface area is 145 Å². The van der Waals surface area contributed by atoms with E-state index < -0.39 is 12.0 Å². The maximum absolute atomic E-state index is 12.3. The van der Waals surface area contributed by atoms with Gasteiger partial charge in [-0.1, -0.05) is 64.4 Å². The Morgan fingerprint density at radius 3 is 2.21 bits per heavy atom. The van der Waals surface area contributed by atoms with Crippen molar-refractivity contribution >= 4 is 11.9 Å². The third kappa shape index (κ3) is 6.73. The molecule has 0 aliphatic carbocycles. The van der Waals surface area contributed by atoms with E-state index in [0.717, 1.165) is 24.8 Å². The number of nitrogens with one attached hydrogen (secondary N) is 1. The number of hydrogen-bond donors (Lipinski definition) is 2. The first kappa shape index (κ1) is 20.2. The van der Waals surface area contributed by atoms with Gasteiger partial charge in [0.15, 0.2) is 0 Å². The summed E-state index contributed by atoms with van der Waals surface area (Å²) in [5, 5.41) is 12.1. The van der Waals surface area contributed by atoms with E-state index in [-0.39, 0.29) is 11.8 Å². The van der Waals surface area contributed by atoms with Crippen molar-refractivity contribution in [3.8, 4) is 0 Å². The van der Waals surface area contributed by atoms with Gasteiger partial charge in [0, 0.05) is 12.3 Å². The van der Waals surface area contributed by atoms with Gasteiger partial charge in [-0.3, -0.25) is 4.79 Å². The molecule has 0 saturated heterocycles. The van der Waals surface area contributed by atoms with E-state index in [4.69, 9.17) is 0 Å². The number of carbonyl (C=O) groups excluding carboxylic acids is 1. The summed E-state index contributed by atoms with van der Waals surface area (Å²) in [5.74, 6) is -0.115. The van der Waals surface area contributed by atoms with E-state index in [0.29, 0.717) is 18.3 Å². The zero-order valence-electron chi connectivity index (χ0n) is 15.3. The molecule has 2 unspecified atom stereocenters. The number of carbonyl (C=O) groups is 2. The van der Waals surface area contributed by atoms with Gasteiger partial charge in [-0.25, -0.2) is 4.79 Å². The second-order valence-corrected chi connectivity index (χ2v) is 6.98. The van der Waals surface area contributed by atoms with Crippen molar-refractivity contribution in [1.82, 2.24) is 5.32 Å². The first-order chi connectivity index (χ1) is 11.3. The van der Waals surface area contributed by atoms with Crippen LogP contribution in [-0.2, 0) is 16.0 Å². The summed E-state index contributed by atoms with van der Waals surface area (Å²) in [4.78, 5) is 23.8. The van der Waals surface area contributed by atoms with Crippen molar-refractivity contribution in [2.24, 2.45) is 17.8 Å². The van der Waals surface area contributed by atoms with Crippen LogP contribution in [0.25, 0.3) is 0 Å². The zero-order chi connectivity index (χ0) is 18.1. The summed E-state index contributed by atoms with van der Waals surface area (Å²) in [6.07, 6.45) is 3.20. The highest BCUT2D eigenvalue weighted by molar-refractivity contribution is 5.84. The van der Waals surface area contributed by atoms with Gasteiger partial charge < -0.3 is 10.4 Å². The monoisotopic (exact) mass is 333 g/mol. The normalized spacial score (nSPS) is 14.9. The zero-order valence-corrected chi connectivity index (χ0v) is 15.3. The number of aliphatic carboxylic acids is 1. The third-order valence-corrected chi connectivity index (χ3v) is 4.78. The average Bonchev–Trinajstić information content (AvgIpc) is 2.55. The Balaban J connectivity index is 2.56. The molecule has 1 amide bonds. The van der Waals surface area contributed by atoms with Crippen LogP contribution in [0.5, 0.6) is 0 Å². The molecular weight excluding hydrogens is 302 g/mol. The SMILES string of the molecule is CCC(CCC(C)C(=O)N[C@H](Cc1ccccc1)C(=O)O)C(C)C. The van der Waals surface area contributed by atoms with Crippen LogP contribution in [0.4, 0.5) is 0 Å². The van der Waals surface area contributed by atoms with E-state index in [1.165, 1.54) is 0 Å². The number of rotatable bonds is 10. The third-order valence-electron chi connectivity index (χ3n) is 4.78. The van der Waals surface area contributed by atoms with Crippen molar-refractivity contribution in [3.63, 3.8) is 0 Å². The maximum atomic E-state index is 12.3. The van der Waals surface area contributed by atoms with E-state index in [1.54, 1.807) is 0 Å². The number of benzene rings is 1. The number of carboxylic acid groups (broad SMARTS) is 1. The molecule has 0 radical (unpaired) electrons. The van der Waals surface area contributed by atoms with Crippen LogP contribution in [-0.4, -0.2) is 23.0 Å². The van der Waals surface area contributed by atoms with Crippen LogP contribution >= 0.6 is 0 Å². The topological polar surface area (TPSA) is 66.4 Å². The van der Waals surface area contributed by atoms with Crippen molar-refractivity contribution in [1.29, 1.82) is 0 Å². The Bertz CT molecular complexity index is 513. The van der Waals surface area contributed by atoms with Gasteiger partial charge in [0.25, 0.3) is 0 Å². The van der Waals surface area contributed by atoms with Crippen molar-refractivity contribution in [2.75, 3.05) is 0 Å². The standard InChI is InChI=1S/C20H31NO3/c1-5-17(14(2)3)12-11-15(4)19(22)21-18(20(23)24)13-16-9-7-6-8-10-16/h6-10,14-15,17-18H,5,11-13H2,1-4H3,(H,21,22)(H,23,24)/t15?,17?,18-/m1/s1. The minimum atomic E-state index is -0.993. The Kier molecular flexibility index (Phi) is 8.51. The summed E-state index contributed by atoms with van der Waals surface area (Å²) in [5.41, 5.74) is 0.906. The first-order valence-electron chi connectivity index (χ1n) is 8.92. The Morgan fingerprint density at radius 2 is 1.71 bits per heavy atom. The van der Waals surface area contributed by atoms with E-state index >= 15 is 0 Å². The molecule has 0 aromatic heterocycles. The summed E-state index contributed by atoms with van der Waals surface area (Å²) in [6.45, 7) is 8.47. The molecule has 1 aromatic carbocycles. The number of amides is 1. The summed E-state index contributed by atoms with van der Waals surface area (Å²) in [7, 11) is 0. The van der Waals surface area contributed by atoms with E-state index in [1.807, 2.05) is 37.3 Å². The lowest BCUT2D eigenvalue weighted by molar-refractivity contribution is -0.142. The molecule has 24 heavy (non-hydrogen) atoms. The summed E-state index contributed by atoms with van der Waals surface area (Å²) >= 11 is 0. The van der Waals surface area contributed by atoms with E-state index in [2.05, 4.69) is 26.1 Å². The van der Waals surface area contributed by atoms with Crippen molar-refractivity contribution in [3.05, 3.63) is 35.9 Å². The molecule has 0 spiro atoms. The van der Waals surface area contributed by atoms with Crippen LogP contribution in [0.2, 0.25) is 0 Å². The van der Waals surface area contributed by atoms with Gasteiger partial charge in [0.2, 0.25) is 5.91 Å². The van der Waals surface area contributed by atoms with Crippen LogP contribution in [0, 0.1) is 17.8 Å². The molecule has 4 heteroatoms. The van der Waals surface area contributed by atoms with Gasteiger partial charge in [0.1, 0.15) is 6.04 Å². The fourth-order valence-electron chi connectivity index (χ4n) is 2.97. The predicted octanol–water partition coefficient (Wildman–Crippen LogP) is 3.90. The van der Waals surface area contributed by atoms with Gasteiger partial charge in [-0.15, -0.1) is 0 Å². The lowest BCUT2D eigenvalue weighted by Gasteiger charge is -2.22. The summed E-state index contributed by atoms with van der Waals surface area (Å²) in [6, 6.07) is 8.50. The summed E-state index contributed by atoms with van der Waals surface area (Å²) < 4.78 is 0. The van der Waals surface area contributed by atoms with Crippen molar-refractivity contribution < 1.29 is 14.7 Å². The molecule has 0 aliphatic heterocycles. The highest BCUT2D eigenvalue weighted by atomic mass is 16.4. The number of hydrogen-bond acceptors (Lipinski definition) is 2. The van der Waals surface area contributed by atoms with Gasteiger partial charge >= 0.3 is 5.97 Å². The molecule has 2 N–H and O–H groups in total. The molecular formula is C20H31NO3. The average molecular weight is 333 g/mol. The lowest BCUT2D eigenvalue weighted by atomic mass is 9.86. The molecule has 1 rings (SSSR count). The highest BCUT2D eigenvalue weighted by Crippen LogP contribution is 2.23. The molecule has 0 fully saturated rings. The molecule has 134 valence electrons. The quantitative estimate of drug-likeness (QED) is 0.682. The largest absolute Gasteiger partial charge is 0.480 e. The molecule has 0 bridgehead atoms. The number of carboxylic acids is 1. The van der Waals surface area contributed by atoms with Crippen LogP contribution < -0.4 is 5.32 Å². The minimum absolute atomic E-state index is 0.169. The highest BCUT2D eigenvalue weighted by Gasteiger charge is 2.24. The Hall–Kier alpha value is -1.84. The van der Waals surface area contributed by atoms with Crippen molar-refractivity contribution in [2.45, 2.75) is 59.4 Å². The maximum Gasteiger partial charge on any atom is 0.326 e. The van der Waals surface area contributed by atoms with E-state index in [9.17, 15) is 14.7 Å². The predicted molar refractivity (Wildman–Crippen MR) is 96.7 cm³/mol. The lowest BCUT2D eigenvalue weighted by Crippen LogP contribution is -2.44. The van der Waals surface area contributed by atoms with Crippen LogP contribution in [0.1, 0.15) is 52.5 Å². The fourth-order valence-corrected chi connectivity index (χ4v) is 2.97. The second-order valence-electron chi connectivity index (χ2n) is 6.98. The second kappa shape index (κ2) is 10.1. The van der Waals surface area contributed by atoms with Crippen LogP contribution in [0.15, 0.2) is 30.3 Å². The van der Waals surface area contributed by atoms with Gasteiger partial charge in [-0.2, -0.15) is 0 Å². The molecule has 0 saturated carbocycles. The van der Waals surface area contributed by atoms with Gasteiger partial charge in [-0.05, 0) is 30.2 Å². The smallest absolute Gasteiger partial charge is 0.326 e.